The summed E-state index contributed by atoms with van der Waals surface area (Å²) in [5, 5.41) is 7.75. The average molecular weight is 639 g/mol. The van der Waals surface area contributed by atoms with E-state index in [0.717, 1.165) is 44.1 Å². The van der Waals surface area contributed by atoms with Gasteiger partial charge in [0.15, 0.2) is 0 Å². The highest BCUT2D eigenvalue weighted by Crippen LogP contribution is 2.31. The van der Waals surface area contributed by atoms with Gasteiger partial charge in [-0.05, 0) is 36.2 Å². The van der Waals surface area contributed by atoms with Crippen LogP contribution in [0.1, 0.15) is 77.0 Å². The molecule has 1 saturated carbocycles. The zero-order valence-electron chi connectivity index (χ0n) is 27.7. The first-order valence-corrected chi connectivity index (χ1v) is 16.4. The van der Waals surface area contributed by atoms with E-state index >= 15 is 0 Å². The van der Waals surface area contributed by atoms with Crippen molar-refractivity contribution in [1.82, 2.24) is 20.6 Å². The quantitative estimate of drug-likeness (QED) is 0.221. The number of hydrogen-bond acceptors (Lipinski definition) is 8. The number of carbonyl (C=O) groups is 3. The fraction of sp³-hybridized carbons (Fsp3) is 0.600. The predicted molar refractivity (Wildman–Crippen MR) is 173 cm³/mol. The monoisotopic (exact) mass is 638 g/mol. The van der Waals surface area contributed by atoms with Crippen molar-refractivity contribution in [3.8, 4) is 5.75 Å². The third kappa shape index (κ3) is 10.2. The topological polar surface area (TPSA) is 130 Å². The molecule has 0 bridgehead atoms. The summed E-state index contributed by atoms with van der Waals surface area (Å²) in [5.74, 6) is 0.249. The molecule has 11 heteroatoms. The molecule has 2 aromatic rings. The highest BCUT2D eigenvalue weighted by atomic mass is 16.7. The van der Waals surface area contributed by atoms with Crippen molar-refractivity contribution < 1.29 is 28.4 Å². The van der Waals surface area contributed by atoms with Gasteiger partial charge in [0.1, 0.15) is 24.7 Å². The van der Waals surface area contributed by atoms with Crippen LogP contribution >= 0.6 is 0 Å². The number of methoxy groups -OCH3 is 1. The first kappa shape index (κ1) is 35.2. The second-order valence-corrected chi connectivity index (χ2v) is 13.6. The van der Waals surface area contributed by atoms with E-state index in [9.17, 15) is 19.2 Å². The third-order valence-corrected chi connectivity index (χ3v) is 9.06. The molecule has 46 heavy (non-hydrogen) atoms. The lowest BCUT2D eigenvalue weighted by Crippen LogP contribution is -2.58. The van der Waals surface area contributed by atoms with E-state index in [4.69, 9.17) is 14.0 Å². The van der Waals surface area contributed by atoms with Crippen LogP contribution in [0.3, 0.4) is 0 Å². The van der Waals surface area contributed by atoms with Crippen molar-refractivity contribution >= 4 is 18.2 Å². The average Bonchev–Trinajstić information content (AvgIpc) is 3.57. The Hall–Kier alpha value is -3.70. The summed E-state index contributed by atoms with van der Waals surface area (Å²) in [6.45, 7) is 7.70. The first-order chi connectivity index (χ1) is 22.1. The maximum Gasteiger partial charge on any atom is 0.245 e. The van der Waals surface area contributed by atoms with Gasteiger partial charge in [0.05, 0.1) is 26.1 Å². The zero-order chi connectivity index (χ0) is 33.1. The zero-order valence-corrected chi connectivity index (χ0v) is 27.7. The van der Waals surface area contributed by atoms with Crippen LogP contribution in [0.4, 0.5) is 0 Å². The van der Waals surface area contributed by atoms with Gasteiger partial charge < -0.3 is 24.7 Å². The van der Waals surface area contributed by atoms with E-state index in [2.05, 4.69) is 10.6 Å². The summed E-state index contributed by atoms with van der Waals surface area (Å²) in [7, 11) is 1.42. The number of hydrogen-bond donors (Lipinski definition) is 2. The minimum absolute atomic E-state index is 0.104. The lowest BCUT2D eigenvalue weighted by molar-refractivity contribution is -0.182. The number of nitrogens with one attached hydrogen (secondary N) is 2. The minimum atomic E-state index is -0.723. The molecule has 2 N–H and O–H groups in total. The van der Waals surface area contributed by atoms with Crippen molar-refractivity contribution in [1.29, 1.82) is 0 Å². The first-order valence-electron chi connectivity index (χ1n) is 16.4. The molecule has 1 aromatic heterocycles. The Bertz CT molecular complexity index is 1330. The smallest absolute Gasteiger partial charge is 0.245 e. The maximum absolute atomic E-state index is 13.9. The lowest BCUT2D eigenvalue weighted by Gasteiger charge is -2.39. The number of rotatable bonds is 15. The maximum atomic E-state index is 13.9. The van der Waals surface area contributed by atoms with E-state index in [-0.39, 0.29) is 42.2 Å². The number of likely N-dealkylation sites (tertiary alicyclic amines) is 1. The van der Waals surface area contributed by atoms with Crippen molar-refractivity contribution in [2.45, 2.75) is 91.0 Å². The number of benzene rings is 1. The van der Waals surface area contributed by atoms with Gasteiger partial charge in [0.2, 0.25) is 29.4 Å². The molecule has 1 unspecified atom stereocenters. The minimum Gasteiger partial charge on any atom is -0.490 e. The summed E-state index contributed by atoms with van der Waals surface area (Å²) < 4.78 is 10.5. The van der Waals surface area contributed by atoms with Gasteiger partial charge in [0.25, 0.3) is 0 Å². The van der Waals surface area contributed by atoms with Gasteiger partial charge in [-0.2, -0.15) is 0 Å². The Morgan fingerprint density at radius 1 is 1.11 bits per heavy atom. The Morgan fingerprint density at radius 3 is 2.41 bits per heavy atom. The van der Waals surface area contributed by atoms with E-state index in [1.54, 1.807) is 0 Å². The number of amides is 3. The summed E-state index contributed by atoms with van der Waals surface area (Å²) in [4.78, 5) is 59.5. The number of carbonyl (C=O) groups excluding carboxylic acids is 3. The number of ether oxygens (including phenoxy) is 1. The van der Waals surface area contributed by atoms with Gasteiger partial charge in [-0.3, -0.25) is 24.0 Å². The van der Waals surface area contributed by atoms with Crippen molar-refractivity contribution in [3.05, 3.63) is 64.2 Å². The summed E-state index contributed by atoms with van der Waals surface area (Å²) >= 11 is 0. The van der Waals surface area contributed by atoms with E-state index in [1.807, 2.05) is 56.0 Å². The van der Waals surface area contributed by atoms with Gasteiger partial charge in [-0.1, -0.05) is 76.8 Å². The fourth-order valence-electron chi connectivity index (χ4n) is 6.31. The molecule has 0 radical (unpaired) electrons. The summed E-state index contributed by atoms with van der Waals surface area (Å²) in [6, 6.07) is 10.4. The normalized spacial score (nSPS) is 17.3. The summed E-state index contributed by atoms with van der Waals surface area (Å²) in [5.41, 5.74) is 0.168. The van der Waals surface area contributed by atoms with Crippen LogP contribution in [0, 0.1) is 17.3 Å². The van der Waals surface area contributed by atoms with E-state index in [0.29, 0.717) is 44.1 Å². The van der Waals surface area contributed by atoms with Gasteiger partial charge in [-0.15, -0.1) is 0 Å². The van der Waals surface area contributed by atoms with Crippen LogP contribution in [0.5, 0.6) is 5.75 Å². The molecule has 1 aromatic carbocycles. The molecule has 2 fully saturated rings. The molecule has 2 atom stereocenters. The molecule has 4 rings (SSSR count). The Kier molecular flexibility index (Phi) is 12.8. The molecule has 252 valence electrons. The molecule has 0 spiro atoms. The number of piperidine rings is 1. The largest absolute Gasteiger partial charge is 0.490 e. The highest BCUT2D eigenvalue weighted by Gasteiger charge is 2.39. The van der Waals surface area contributed by atoms with Gasteiger partial charge in [-0.25, -0.2) is 5.06 Å². The molecular weight excluding hydrogens is 588 g/mol. The van der Waals surface area contributed by atoms with Gasteiger partial charge in [0, 0.05) is 25.2 Å². The Balaban J connectivity index is 1.35. The second-order valence-electron chi connectivity index (χ2n) is 13.6. The Labute approximate surface area is 271 Å². The fourth-order valence-corrected chi connectivity index (χ4v) is 6.31. The molecular formula is C35H50N4O7. The Morgan fingerprint density at radius 2 is 1.80 bits per heavy atom. The predicted octanol–water partition coefficient (Wildman–Crippen LogP) is 4.05. The summed E-state index contributed by atoms with van der Waals surface area (Å²) in [6.07, 6.45) is 8.45. The van der Waals surface area contributed by atoms with Crippen LogP contribution in [0.25, 0.3) is 0 Å². The molecule has 3 amide bonds. The van der Waals surface area contributed by atoms with Crippen molar-refractivity contribution in [3.63, 3.8) is 0 Å². The van der Waals surface area contributed by atoms with Crippen LogP contribution in [-0.2, 0) is 32.4 Å². The second kappa shape index (κ2) is 16.7. The molecule has 2 heterocycles. The van der Waals surface area contributed by atoms with Crippen molar-refractivity contribution in [2.24, 2.45) is 17.3 Å². The van der Waals surface area contributed by atoms with Crippen LogP contribution in [0.2, 0.25) is 0 Å². The molecule has 11 nitrogen and oxygen atoms in total. The highest BCUT2D eigenvalue weighted by molar-refractivity contribution is 5.89. The molecule has 2 aliphatic rings. The molecule has 1 aliphatic carbocycles. The molecule has 1 aliphatic heterocycles. The standard InChI is InChI=1S/C35H50N4O7/c1-35(2,3)32(34(43)38-16-14-28(15-17-38)36-20-29-19-30(41)31(44-4)23-45-29)37-33(42)27(18-25-10-8-9-11-25)21-39(24-40)46-22-26-12-6-5-7-13-26/h5-7,12-13,19,23-25,27-28,32,36H,8-11,14-18,20-22H2,1-4H3,(H,37,42)/t27?,32-/m1/s1. The SMILES string of the molecule is COc1coc(CNC2CCN(C(=O)[C@@H](NC(=O)C(CC3CCCC3)CN(C=O)OCc3ccccc3)C(C)(C)C)CC2)cc1=O. The van der Waals surface area contributed by atoms with E-state index in [1.165, 1.54) is 24.5 Å². The third-order valence-electron chi connectivity index (χ3n) is 9.06. The lowest BCUT2D eigenvalue weighted by atomic mass is 9.84. The van der Waals surface area contributed by atoms with Gasteiger partial charge >= 0.3 is 0 Å². The number of nitrogens with zero attached hydrogens (tertiary/aromatic N) is 2. The van der Waals surface area contributed by atoms with Crippen molar-refractivity contribution in [2.75, 3.05) is 26.7 Å². The van der Waals surface area contributed by atoms with Crippen LogP contribution in [-0.4, -0.2) is 67.0 Å². The van der Waals surface area contributed by atoms with Crippen LogP contribution < -0.4 is 20.8 Å². The van der Waals surface area contributed by atoms with E-state index < -0.39 is 17.4 Å². The molecule has 1 saturated heterocycles. The number of hydroxylamine groups is 2. The van der Waals surface area contributed by atoms with Crippen LogP contribution in [0.15, 0.2) is 51.9 Å².